The highest BCUT2D eigenvalue weighted by Gasteiger charge is 2.37. The number of nitrogens with zero attached hydrogens (tertiary/aromatic N) is 1. The molecule has 1 saturated heterocycles. The van der Waals surface area contributed by atoms with Gasteiger partial charge in [0.2, 0.25) is 5.91 Å². The number of nitrogens with one attached hydrogen (secondary N) is 1. The highest BCUT2D eigenvalue weighted by atomic mass is 16.4. The van der Waals surface area contributed by atoms with E-state index < -0.39 is 17.9 Å². The van der Waals surface area contributed by atoms with Gasteiger partial charge in [-0.15, -0.1) is 0 Å². The van der Waals surface area contributed by atoms with Gasteiger partial charge in [0.25, 0.3) is 0 Å². The van der Waals surface area contributed by atoms with Crippen LogP contribution in [0.3, 0.4) is 0 Å². The maximum Gasteiger partial charge on any atom is 0.327 e. The Morgan fingerprint density at radius 3 is 2.25 bits per heavy atom. The summed E-state index contributed by atoms with van der Waals surface area (Å²) in [6.07, 6.45) is 6.42. The minimum Gasteiger partial charge on any atom is -0.480 e. The number of benzene rings is 1. The van der Waals surface area contributed by atoms with Gasteiger partial charge >= 0.3 is 5.97 Å². The number of likely N-dealkylation sites (tertiary alicyclic amines) is 1. The number of aliphatic carboxylic acids is 1. The maximum absolute atomic E-state index is 13.0. The molecule has 1 aromatic rings. The van der Waals surface area contributed by atoms with Crippen LogP contribution in [0.5, 0.6) is 0 Å². The summed E-state index contributed by atoms with van der Waals surface area (Å²) < 4.78 is 0. The molecule has 1 unspecified atom stereocenters. The zero-order valence-electron chi connectivity index (χ0n) is 16.3. The lowest BCUT2D eigenvalue weighted by atomic mass is 9.75. The molecule has 152 valence electrons. The van der Waals surface area contributed by atoms with Crippen LogP contribution in [0.15, 0.2) is 30.3 Å². The highest BCUT2D eigenvalue weighted by Crippen LogP contribution is 2.33. The summed E-state index contributed by atoms with van der Waals surface area (Å²) in [6.45, 7) is 2.07. The minimum atomic E-state index is -1.01. The van der Waals surface area contributed by atoms with Gasteiger partial charge in [-0.1, -0.05) is 49.6 Å². The topological polar surface area (TPSA) is 86.7 Å². The Bertz CT molecular complexity index is 685. The van der Waals surface area contributed by atoms with Gasteiger partial charge in [-0.25, -0.2) is 4.79 Å². The van der Waals surface area contributed by atoms with E-state index in [2.05, 4.69) is 10.2 Å². The van der Waals surface area contributed by atoms with Crippen LogP contribution in [0, 0.1) is 11.8 Å². The molecule has 1 amide bonds. The molecule has 2 fully saturated rings. The molecule has 1 heterocycles. The van der Waals surface area contributed by atoms with E-state index in [1.165, 1.54) is 6.42 Å². The fraction of sp³-hybridized carbons (Fsp3) is 0.591. The number of carboxylic acids is 1. The largest absolute Gasteiger partial charge is 0.480 e. The fourth-order valence-corrected chi connectivity index (χ4v) is 4.44. The van der Waals surface area contributed by atoms with Crippen molar-refractivity contribution in [2.45, 2.75) is 51.0 Å². The number of ketones is 1. The molecule has 1 aliphatic carbocycles. The van der Waals surface area contributed by atoms with E-state index in [1.54, 1.807) is 12.1 Å². The molecule has 6 nitrogen and oxygen atoms in total. The molecule has 0 aromatic heterocycles. The first-order valence-corrected chi connectivity index (χ1v) is 10.4. The van der Waals surface area contributed by atoms with E-state index in [-0.39, 0.29) is 17.6 Å². The van der Waals surface area contributed by atoms with Crippen LogP contribution in [0.25, 0.3) is 0 Å². The zero-order valence-corrected chi connectivity index (χ0v) is 16.3. The van der Waals surface area contributed by atoms with Crippen LogP contribution < -0.4 is 5.32 Å². The number of rotatable bonds is 7. The van der Waals surface area contributed by atoms with Crippen LogP contribution in [0.1, 0.15) is 55.3 Å². The summed E-state index contributed by atoms with van der Waals surface area (Å²) in [5.41, 5.74) is 0.621. The summed E-state index contributed by atoms with van der Waals surface area (Å²) in [5, 5.41) is 12.3. The van der Waals surface area contributed by atoms with Crippen molar-refractivity contribution >= 4 is 17.7 Å². The Balaban J connectivity index is 1.67. The fourth-order valence-electron chi connectivity index (χ4n) is 4.44. The van der Waals surface area contributed by atoms with Crippen molar-refractivity contribution in [2.75, 3.05) is 19.6 Å². The lowest BCUT2D eigenvalue weighted by Gasteiger charge is -2.32. The molecule has 0 radical (unpaired) electrons. The molecular weight excluding hydrogens is 356 g/mol. The number of piperidine rings is 1. The molecule has 6 heteroatoms. The summed E-state index contributed by atoms with van der Waals surface area (Å²) in [6, 6.07) is 8.14. The second-order valence-electron chi connectivity index (χ2n) is 7.99. The second-order valence-corrected chi connectivity index (χ2v) is 7.99. The Morgan fingerprint density at radius 2 is 1.61 bits per heavy atom. The van der Waals surface area contributed by atoms with E-state index in [0.29, 0.717) is 24.9 Å². The van der Waals surface area contributed by atoms with Gasteiger partial charge in [-0.2, -0.15) is 0 Å². The first kappa shape index (κ1) is 20.5. The molecule has 2 aliphatic rings. The molecule has 28 heavy (non-hydrogen) atoms. The SMILES string of the molecule is O=C(O)C(CN1CCCCC1)NC(=O)[C@H]1CCCC[C@@H]1C(=O)c1ccccc1. The van der Waals surface area contributed by atoms with Crippen LogP contribution in [0.4, 0.5) is 0 Å². The highest BCUT2D eigenvalue weighted by molar-refractivity contribution is 6.01. The van der Waals surface area contributed by atoms with E-state index in [0.717, 1.165) is 38.8 Å². The van der Waals surface area contributed by atoms with Crippen LogP contribution >= 0.6 is 0 Å². The Morgan fingerprint density at radius 1 is 0.964 bits per heavy atom. The summed E-state index contributed by atoms with van der Waals surface area (Å²) in [4.78, 5) is 39.7. The predicted molar refractivity (Wildman–Crippen MR) is 106 cm³/mol. The molecule has 1 saturated carbocycles. The van der Waals surface area contributed by atoms with Gasteiger partial charge in [0.1, 0.15) is 6.04 Å². The van der Waals surface area contributed by atoms with Crippen molar-refractivity contribution in [3.05, 3.63) is 35.9 Å². The normalized spacial score (nSPS) is 24.3. The third-order valence-electron chi connectivity index (χ3n) is 6.00. The molecule has 1 aliphatic heterocycles. The average Bonchev–Trinajstić information content (AvgIpc) is 2.74. The number of Topliss-reactive ketones (excluding diaryl/α,β-unsaturated/α-hetero) is 1. The quantitative estimate of drug-likeness (QED) is 0.704. The average molecular weight is 386 g/mol. The number of hydrogen-bond donors (Lipinski definition) is 2. The van der Waals surface area contributed by atoms with Crippen molar-refractivity contribution in [3.63, 3.8) is 0 Å². The summed E-state index contributed by atoms with van der Waals surface area (Å²) in [7, 11) is 0. The summed E-state index contributed by atoms with van der Waals surface area (Å²) >= 11 is 0. The zero-order chi connectivity index (χ0) is 19.9. The van der Waals surface area contributed by atoms with Crippen LogP contribution in [-0.4, -0.2) is 53.3 Å². The Hall–Kier alpha value is -2.21. The number of carbonyl (C=O) groups is 3. The molecule has 2 N–H and O–H groups in total. The molecule has 1 aromatic carbocycles. The lowest BCUT2D eigenvalue weighted by Crippen LogP contribution is -2.52. The van der Waals surface area contributed by atoms with Gasteiger partial charge in [-0.3, -0.25) is 9.59 Å². The predicted octanol–water partition coefficient (Wildman–Crippen LogP) is 2.73. The van der Waals surface area contributed by atoms with E-state index in [9.17, 15) is 19.5 Å². The third kappa shape index (κ3) is 5.19. The van der Waals surface area contributed by atoms with Crippen molar-refractivity contribution in [1.82, 2.24) is 10.2 Å². The monoisotopic (exact) mass is 386 g/mol. The molecule has 3 atom stereocenters. The number of amides is 1. The second kappa shape index (κ2) is 9.82. The van der Waals surface area contributed by atoms with E-state index >= 15 is 0 Å². The van der Waals surface area contributed by atoms with Crippen molar-refractivity contribution in [3.8, 4) is 0 Å². The van der Waals surface area contributed by atoms with E-state index in [4.69, 9.17) is 0 Å². The van der Waals surface area contributed by atoms with Crippen LogP contribution in [0.2, 0.25) is 0 Å². The van der Waals surface area contributed by atoms with Gasteiger partial charge in [0, 0.05) is 23.9 Å². The standard InChI is InChI=1S/C22H30N2O4/c25-20(16-9-3-1-4-10-16)17-11-5-6-12-18(17)21(26)23-19(22(27)28)15-24-13-7-2-8-14-24/h1,3-4,9-10,17-19H,2,5-8,11-15H2,(H,23,26)(H,27,28)/t17-,18-,19?/m0/s1. The summed E-state index contributed by atoms with van der Waals surface area (Å²) in [5.74, 6) is -2.15. The van der Waals surface area contributed by atoms with Gasteiger partial charge in [0.15, 0.2) is 5.78 Å². The van der Waals surface area contributed by atoms with Crippen molar-refractivity contribution in [1.29, 1.82) is 0 Å². The smallest absolute Gasteiger partial charge is 0.327 e. The van der Waals surface area contributed by atoms with E-state index in [1.807, 2.05) is 18.2 Å². The van der Waals surface area contributed by atoms with Crippen molar-refractivity contribution in [2.24, 2.45) is 11.8 Å². The maximum atomic E-state index is 13.0. The van der Waals surface area contributed by atoms with Gasteiger partial charge in [0.05, 0.1) is 0 Å². The minimum absolute atomic E-state index is 0.0108. The number of carboxylic acid groups (broad SMARTS) is 1. The number of carbonyl (C=O) groups excluding carboxylic acids is 2. The third-order valence-corrected chi connectivity index (χ3v) is 6.00. The first-order chi connectivity index (χ1) is 13.6. The first-order valence-electron chi connectivity index (χ1n) is 10.4. The Labute approximate surface area is 166 Å². The number of hydrogen-bond acceptors (Lipinski definition) is 4. The molecular formula is C22H30N2O4. The van der Waals surface area contributed by atoms with Gasteiger partial charge in [-0.05, 0) is 38.8 Å². The van der Waals surface area contributed by atoms with Gasteiger partial charge < -0.3 is 15.3 Å². The van der Waals surface area contributed by atoms with Crippen LogP contribution in [-0.2, 0) is 9.59 Å². The van der Waals surface area contributed by atoms with Crippen molar-refractivity contribution < 1.29 is 19.5 Å². The lowest BCUT2D eigenvalue weighted by molar-refractivity contribution is -0.143. The Kier molecular flexibility index (Phi) is 7.20. The molecule has 0 spiro atoms. The molecule has 0 bridgehead atoms. The molecule has 3 rings (SSSR count).